The lowest BCUT2D eigenvalue weighted by molar-refractivity contribution is 0.517. The van der Waals surface area contributed by atoms with Crippen LogP contribution >= 0.6 is 11.6 Å². The maximum atomic E-state index is 14.4. The minimum absolute atomic E-state index is 0.0438. The Morgan fingerprint density at radius 2 is 1.67 bits per heavy atom. The van der Waals surface area contributed by atoms with Crippen LogP contribution in [0.1, 0.15) is 33.9 Å². The number of rotatable bonds is 3. The molecular weight excluding hydrogens is 292 g/mol. The summed E-state index contributed by atoms with van der Waals surface area (Å²) in [5, 5.41) is 3.66. The quantitative estimate of drug-likeness (QED) is 0.854. The van der Waals surface area contributed by atoms with Gasteiger partial charge < -0.3 is 5.32 Å². The van der Waals surface area contributed by atoms with Crippen molar-refractivity contribution < 1.29 is 8.78 Å². The molecule has 2 aromatic rings. The van der Waals surface area contributed by atoms with Crippen molar-refractivity contribution in [3.63, 3.8) is 0 Å². The summed E-state index contributed by atoms with van der Waals surface area (Å²) < 4.78 is 28.5. The van der Waals surface area contributed by atoms with Crippen LogP contribution in [0.3, 0.4) is 0 Å². The van der Waals surface area contributed by atoms with Crippen LogP contribution in [0.25, 0.3) is 0 Å². The maximum Gasteiger partial charge on any atom is 0.134 e. The highest BCUT2D eigenvalue weighted by molar-refractivity contribution is 6.31. The number of hydrogen-bond acceptors (Lipinski definition) is 1. The van der Waals surface area contributed by atoms with Crippen molar-refractivity contribution in [3.05, 3.63) is 68.7 Å². The molecule has 0 bridgehead atoms. The van der Waals surface area contributed by atoms with Gasteiger partial charge >= 0.3 is 0 Å². The Bertz CT molecular complexity index is 683. The van der Waals surface area contributed by atoms with E-state index < -0.39 is 17.7 Å². The average Bonchev–Trinajstić information content (AvgIpc) is 2.44. The zero-order valence-corrected chi connectivity index (χ0v) is 13.3. The zero-order valence-electron chi connectivity index (χ0n) is 12.5. The van der Waals surface area contributed by atoms with Crippen LogP contribution in [0.5, 0.6) is 0 Å². The fourth-order valence-electron chi connectivity index (χ4n) is 2.51. The van der Waals surface area contributed by atoms with Crippen LogP contribution < -0.4 is 5.32 Å². The van der Waals surface area contributed by atoms with Crippen LogP contribution in [0.15, 0.2) is 24.3 Å². The highest BCUT2D eigenvalue weighted by atomic mass is 35.5. The predicted octanol–water partition coefficient (Wildman–Crippen LogP) is 4.85. The van der Waals surface area contributed by atoms with Crippen molar-refractivity contribution in [1.82, 2.24) is 5.32 Å². The second-order valence-corrected chi connectivity index (χ2v) is 5.68. The molecule has 0 spiro atoms. The Morgan fingerprint density at radius 1 is 1.00 bits per heavy atom. The fourth-order valence-corrected chi connectivity index (χ4v) is 2.73. The van der Waals surface area contributed by atoms with Crippen LogP contribution in [-0.4, -0.2) is 7.05 Å². The summed E-state index contributed by atoms with van der Waals surface area (Å²) in [5.74, 6) is -1.06. The Labute approximate surface area is 128 Å². The monoisotopic (exact) mass is 309 g/mol. The largest absolute Gasteiger partial charge is 0.309 e. The van der Waals surface area contributed by atoms with Gasteiger partial charge in [0.05, 0.1) is 6.04 Å². The number of aryl methyl sites for hydroxylation is 3. The summed E-state index contributed by atoms with van der Waals surface area (Å²) in [7, 11) is 1.69. The molecule has 1 nitrogen and oxygen atoms in total. The summed E-state index contributed by atoms with van der Waals surface area (Å²) >= 11 is 6.10. The van der Waals surface area contributed by atoms with E-state index in [0.29, 0.717) is 10.6 Å². The number of nitrogens with one attached hydrogen (secondary N) is 1. The molecule has 0 saturated carbocycles. The molecule has 0 heterocycles. The lowest BCUT2D eigenvalue weighted by Crippen LogP contribution is -2.22. The van der Waals surface area contributed by atoms with E-state index in [0.717, 1.165) is 16.7 Å². The molecular formula is C17H18ClF2N. The van der Waals surface area contributed by atoms with Crippen molar-refractivity contribution in [2.75, 3.05) is 7.05 Å². The van der Waals surface area contributed by atoms with Gasteiger partial charge in [0.1, 0.15) is 11.6 Å². The second kappa shape index (κ2) is 6.12. The van der Waals surface area contributed by atoms with Crippen LogP contribution in [0, 0.1) is 32.4 Å². The molecule has 2 rings (SSSR count). The second-order valence-electron chi connectivity index (χ2n) is 5.27. The topological polar surface area (TPSA) is 12.0 Å². The van der Waals surface area contributed by atoms with Crippen molar-refractivity contribution in [3.8, 4) is 0 Å². The van der Waals surface area contributed by atoms with E-state index in [1.54, 1.807) is 14.0 Å². The molecule has 0 aliphatic heterocycles. The standard InChI is InChI=1S/C17H18ClF2N/c1-9-5-6-14(19)15(16(9)20)17(21-4)12-7-11(3)13(18)8-10(12)2/h5-8,17,21H,1-4H3. The van der Waals surface area contributed by atoms with Gasteiger partial charge in [0.25, 0.3) is 0 Å². The van der Waals surface area contributed by atoms with Gasteiger partial charge in [-0.25, -0.2) is 8.78 Å². The van der Waals surface area contributed by atoms with Crippen LogP contribution in [-0.2, 0) is 0 Å². The van der Waals surface area contributed by atoms with E-state index in [4.69, 9.17) is 11.6 Å². The molecule has 0 aromatic heterocycles. The third kappa shape index (κ3) is 2.94. The van der Waals surface area contributed by atoms with Gasteiger partial charge in [-0.1, -0.05) is 23.7 Å². The Hall–Kier alpha value is -1.45. The molecule has 0 saturated heterocycles. The van der Waals surface area contributed by atoms with Crippen molar-refractivity contribution in [2.45, 2.75) is 26.8 Å². The van der Waals surface area contributed by atoms with Gasteiger partial charge in [-0.3, -0.25) is 0 Å². The molecule has 2 aromatic carbocycles. The van der Waals surface area contributed by atoms with Gasteiger partial charge in [0.2, 0.25) is 0 Å². The van der Waals surface area contributed by atoms with E-state index in [-0.39, 0.29) is 5.56 Å². The Kier molecular flexibility index (Phi) is 4.64. The van der Waals surface area contributed by atoms with Crippen molar-refractivity contribution in [1.29, 1.82) is 0 Å². The summed E-state index contributed by atoms with van der Waals surface area (Å²) in [6.07, 6.45) is 0. The Balaban J connectivity index is 2.66. The normalized spacial score (nSPS) is 12.5. The first kappa shape index (κ1) is 15.9. The first-order valence-electron chi connectivity index (χ1n) is 6.75. The summed E-state index contributed by atoms with van der Waals surface area (Å²) in [5.41, 5.74) is 3.07. The van der Waals surface area contributed by atoms with E-state index in [2.05, 4.69) is 5.32 Å². The molecule has 1 unspecified atom stereocenters. The molecule has 0 radical (unpaired) electrons. The molecule has 0 aliphatic carbocycles. The molecule has 0 amide bonds. The maximum absolute atomic E-state index is 14.4. The summed E-state index contributed by atoms with van der Waals surface area (Å²) in [6, 6.07) is 5.89. The minimum atomic E-state index is -0.555. The molecule has 0 aliphatic rings. The van der Waals surface area contributed by atoms with Gasteiger partial charge in [0.15, 0.2) is 0 Å². The Morgan fingerprint density at radius 3 is 2.29 bits per heavy atom. The number of benzene rings is 2. The van der Waals surface area contributed by atoms with Crippen molar-refractivity contribution >= 4 is 11.6 Å². The van der Waals surface area contributed by atoms with E-state index in [1.807, 2.05) is 26.0 Å². The van der Waals surface area contributed by atoms with Crippen LogP contribution in [0.2, 0.25) is 5.02 Å². The molecule has 21 heavy (non-hydrogen) atoms. The molecule has 1 N–H and O–H groups in total. The smallest absolute Gasteiger partial charge is 0.134 e. The molecule has 4 heteroatoms. The van der Waals surface area contributed by atoms with Gasteiger partial charge in [-0.05, 0) is 62.2 Å². The number of hydrogen-bond donors (Lipinski definition) is 1. The van der Waals surface area contributed by atoms with E-state index in [1.165, 1.54) is 12.1 Å². The van der Waals surface area contributed by atoms with Crippen LogP contribution in [0.4, 0.5) is 8.78 Å². The zero-order chi connectivity index (χ0) is 15.7. The van der Waals surface area contributed by atoms with Gasteiger partial charge in [-0.2, -0.15) is 0 Å². The molecule has 112 valence electrons. The van der Waals surface area contributed by atoms with Gasteiger partial charge in [0, 0.05) is 10.6 Å². The third-order valence-corrected chi connectivity index (χ3v) is 4.16. The SMILES string of the molecule is CNC(c1cc(C)c(Cl)cc1C)c1c(F)ccc(C)c1F. The number of halogens is 3. The van der Waals surface area contributed by atoms with Gasteiger partial charge in [-0.15, -0.1) is 0 Å². The van der Waals surface area contributed by atoms with Crippen molar-refractivity contribution in [2.24, 2.45) is 0 Å². The average molecular weight is 310 g/mol. The highest BCUT2D eigenvalue weighted by Crippen LogP contribution is 2.32. The first-order valence-corrected chi connectivity index (χ1v) is 7.13. The summed E-state index contributed by atoms with van der Waals surface area (Å²) in [4.78, 5) is 0. The molecule has 0 fully saturated rings. The minimum Gasteiger partial charge on any atom is -0.309 e. The lowest BCUT2D eigenvalue weighted by atomic mass is 9.92. The third-order valence-electron chi connectivity index (χ3n) is 3.76. The van der Waals surface area contributed by atoms with E-state index >= 15 is 0 Å². The lowest BCUT2D eigenvalue weighted by Gasteiger charge is -2.22. The predicted molar refractivity (Wildman–Crippen MR) is 82.9 cm³/mol. The fraction of sp³-hybridized carbons (Fsp3) is 0.294. The first-order chi connectivity index (χ1) is 9.86. The summed E-state index contributed by atoms with van der Waals surface area (Å²) in [6.45, 7) is 5.39. The van der Waals surface area contributed by atoms with E-state index in [9.17, 15) is 8.78 Å². The highest BCUT2D eigenvalue weighted by Gasteiger charge is 2.23. The molecule has 1 atom stereocenters.